The molecule has 94 valence electrons. The first-order valence-corrected chi connectivity index (χ1v) is 6.86. The molecule has 0 nitrogen and oxygen atoms in total. The van der Waals surface area contributed by atoms with E-state index in [1.165, 1.54) is 47.1 Å². The fourth-order valence-electron chi connectivity index (χ4n) is 2.39. The van der Waals surface area contributed by atoms with Crippen LogP contribution in [0.25, 0.3) is 11.1 Å². The van der Waals surface area contributed by atoms with Crippen molar-refractivity contribution in [3.05, 3.63) is 59.2 Å². The largest absolute Gasteiger partial charge is 0.0654 e. The lowest BCUT2D eigenvalue weighted by Crippen LogP contribution is -1.86. The van der Waals surface area contributed by atoms with Gasteiger partial charge in [0.1, 0.15) is 0 Å². The molecule has 18 heavy (non-hydrogen) atoms. The van der Waals surface area contributed by atoms with Crippen molar-refractivity contribution in [2.75, 3.05) is 0 Å². The quantitative estimate of drug-likeness (QED) is 0.677. The topological polar surface area (TPSA) is 0 Å². The summed E-state index contributed by atoms with van der Waals surface area (Å²) in [6, 6.07) is 15.8. The molecular weight excluding hydrogens is 216 g/mol. The fraction of sp³-hybridized carbons (Fsp3) is 0.333. The molecule has 0 saturated heterocycles. The van der Waals surface area contributed by atoms with Gasteiger partial charge >= 0.3 is 0 Å². The minimum atomic E-state index is 1.20. The summed E-state index contributed by atoms with van der Waals surface area (Å²) in [7, 11) is 0. The van der Waals surface area contributed by atoms with E-state index >= 15 is 0 Å². The van der Waals surface area contributed by atoms with Crippen molar-refractivity contribution in [2.45, 2.75) is 40.0 Å². The number of aryl methyl sites for hydroxylation is 3. The van der Waals surface area contributed by atoms with Crippen LogP contribution in [-0.4, -0.2) is 0 Å². The van der Waals surface area contributed by atoms with E-state index in [1.807, 2.05) is 0 Å². The third kappa shape index (κ3) is 3.22. The molecule has 0 saturated carbocycles. The second kappa shape index (κ2) is 5.86. The minimum absolute atomic E-state index is 1.20. The van der Waals surface area contributed by atoms with Gasteiger partial charge in [-0.15, -0.1) is 0 Å². The number of unbranched alkanes of at least 4 members (excludes halogenated alkanes) is 1. The molecule has 0 spiro atoms. The van der Waals surface area contributed by atoms with Crippen molar-refractivity contribution in [2.24, 2.45) is 0 Å². The summed E-state index contributed by atoms with van der Waals surface area (Å²) in [4.78, 5) is 0. The van der Waals surface area contributed by atoms with E-state index < -0.39 is 0 Å². The molecule has 0 amide bonds. The van der Waals surface area contributed by atoms with Gasteiger partial charge in [0.05, 0.1) is 0 Å². The molecule has 0 N–H and O–H groups in total. The zero-order valence-corrected chi connectivity index (χ0v) is 11.7. The zero-order chi connectivity index (χ0) is 13.0. The smallest absolute Gasteiger partial charge is 0.0179 e. The van der Waals surface area contributed by atoms with Crippen molar-refractivity contribution in [3.63, 3.8) is 0 Å². The first kappa shape index (κ1) is 12.9. The van der Waals surface area contributed by atoms with Gasteiger partial charge < -0.3 is 0 Å². The van der Waals surface area contributed by atoms with Crippen LogP contribution in [0.1, 0.15) is 36.5 Å². The summed E-state index contributed by atoms with van der Waals surface area (Å²) in [5.74, 6) is 0. The normalized spacial score (nSPS) is 10.6. The molecule has 0 heteroatoms. The second-order valence-electron chi connectivity index (χ2n) is 5.18. The Labute approximate surface area is 111 Å². The average molecular weight is 238 g/mol. The Bertz CT molecular complexity index is 486. The number of hydrogen-bond donors (Lipinski definition) is 0. The number of benzene rings is 2. The second-order valence-corrected chi connectivity index (χ2v) is 5.18. The maximum absolute atomic E-state index is 2.27. The predicted octanol–water partition coefficient (Wildman–Crippen LogP) is 5.31. The van der Waals surface area contributed by atoms with Gasteiger partial charge in [0.25, 0.3) is 0 Å². The average Bonchev–Trinajstić information content (AvgIpc) is 2.36. The monoisotopic (exact) mass is 238 g/mol. The lowest BCUT2D eigenvalue weighted by Gasteiger charge is -2.07. The van der Waals surface area contributed by atoms with Gasteiger partial charge in [-0.05, 0) is 43.4 Å². The first-order valence-electron chi connectivity index (χ1n) is 6.86. The van der Waals surface area contributed by atoms with E-state index in [0.717, 1.165) is 0 Å². The highest BCUT2D eigenvalue weighted by Gasteiger charge is 2.00. The summed E-state index contributed by atoms with van der Waals surface area (Å²) >= 11 is 0. The molecule has 0 aromatic heterocycles. The summed E-state index contributed by atoms with van der Waals surface area (Å²) in [5.41, 5.74) is 6.77. The number of rotatable bonds is 4. The standard InChI is InChI=1S/C18H22/c1-4-5-6-16-7-9-17(10-8-16)18-12-14(2)11-15(3)13-18/h7-13H,4-6H2,1-3H3. The van der Waals surface area contributed by atoms with E-state index in [1.54, 1.807) is 0 Å². The highest BCUT2D eigenvalue weighted by atomic mass is 14.0. The van der Waals surface area contributed by atoms with E-state index in [0.29, 0.717) is 0 Å². The fourth-order valence-corrected chi connectivity index (χ4v) is 2.39. The van der Waals surface area contributed by atoms with Crippen molar-refractivity contribution in [1.29, 1.82) is 0 Å². The van der Waals surface area contributed by atoms with Gasteiger partial charge in [0, 0.05) is 0 Å². The molecule has 0 radical (unpaired) electrons. The van der Waals surface area contributed by atoms with E-state index in [-0.39, 0.29) is 0 Å². The van der Waals surface area contributed by atoms with Gasteiger partial charge in [-0.2, -0.15) is 0 Å². The molecule has 0 aliphatic heterocycles. The van der Waals surface area contributed by atoms with E-state index in [4.69, 9.17) is 0 Å². The third-order valence-electron chi connectivity index (χ3n) is 3.33. The highest BCUT2D eigenvalue weighted by molar-refractivity contribution is 5.65. The summed E-state index contributed by atoms with van der Waals surface area (Å²) < 4.78 is 0. The Morgan fingerprint density at radius 2 is 1.39 bits per heavy atom. The van der Waals surface area contributed by atoms with Crippen LogP contribution in [0.15, 0.2) is 42.5 Å². The van der Waals surface area contributed by atoms with E-state index in [2.05, 4.69) is 63.2 Å². The summed E-state index contributed by atoms with van der Waals surface area (Å²) in [5, 5.41) is 0. The molecule has 2 rings (SSSR count). The van der Waals surface area contributed by atoms with Crippen LogP contribution in [0.2, 0.25) is 0 Å². The number of hydrogen-bond acceptors (Lipinski definition) is 0. The molecule has 2 aromatic rings. The molecule has 0 fully saturated rings. The zero-order valence-electron chi connectivity index (χ0n) is 11.7. The molecular formula is C18H22. The van der Waals surface area contributed by atoms with Gasteiger partial charge in [0.15, 0.2) is 0 Å². The first-order chi connectivity index (χ1) is 8.69. The summed E-state index contributed by atoms with van der Waals surface area (Å²) in [6.45, 7) is 6.56. The van der Waals surface area contributed by atoms with Crippen LogP contribution in [0.5, 0.6) is 0 Å². The molecule has 0 heterocycles. The van der Waals surface area contributed by atoms with Crippen molar-refractivity contribution in [3.8, 4) is 11.1 Å². The van der Waals surface area contributed by atoms with E-state index in [9.17, 15) is 0 Å². The van der Waals surface area contributed by atoms with Crippen LogP contribution in [0.4, 0.5) is 0 Å². The lowest BCUT2D eigenvalue weighted by molar-refractivity contribution is 0.795. The Morgan fingerprint density at radius 1 is 0.778 bits per heavy atom. The van der Waals surface area contributed by atoms with Crippen molar-refractivity contribution in [1.82, 2.24) is 0 Å². The van der Waals surface area contributed by atoms with Gasteiger partial charge in [-0.25, -0.2) is 0 Å². The maximum atomic E-state index is 2.27. The van der Waals surface area contributed by atoms with Gasteiger partial charge in [-0.1, -0.05) is 66.9 Å². The van der Waals surface area contributed by atoms with Gasteiger partial charge in [-0.3, -0.25) is 0 Å². The Morgan fingerprint density at radius 3 is 1.94 bits per heavy atom. The minimum Gasteiger partial charge on any atom is -0.0654 e. The van der Waals surface area contributed by atoms with Crippen LogP contribution in [-0.2, 0) is 6.42 Å². The van der Waals surface area contributed by atoms with Crippen molar-refractivity contribution >= 4 is 0 Å². The molecule has 0 unspecified atom stereocenters. The molecule has 0 atom stereocenters. The Balaban J connectivity index is 2.23. The SMILES string of the molecule is CCCCc1ccc(-c2cc(C)cc(C)c2)cc1. The molecule has 0 bridgehead atoms. The predicted molar refractivity (Wildman–Crippen MR) is 80.0 cm³/mol. The maximum Gasteiger partial charge on any atom is -0.0179 e. The lowest BCUT2D eigenvalue weighted by atomic mass is 9.99. The molecule has 2 aromatic carbocycles. The Kier molecular flexibility index (Phi) is 4.19. The van der Waals surface area contributed by atoms with Gasteiger partial charge in [0.2, 0.25) is 0 Å². The molecule has 0 aliphatic rings. The highest BCUT2D eigenvalue weighted by Crippen LogP contribution is 2.23. The van der Waals surface area contributed by atoms with Crippen LogP contribution in [0, 0.1) is 13.8 Å². The van der Waals surface area contributed by atoms with Crippen molar-refractivity contribution < 1.29 is 0 Å². The molecule has 0 aliphatic carbocycles. The Hall–Kier alpha value is -1.56. The van der Waals surface area contributed by atoms with Crippen LogP contribution >= 0.6 is 0 Å². The third-order valence-corrected chi connectivity index (χ3v) is 3.33. The van der Waals surface area contributed by atoms with Crippen LogP contribution < -0.4 is 0 Å². The van der Waals surface area contributed by atoms with Crippen LogP contribution in [0.3, 0.4) is 0 Å². The summed E-state index contributed by atoms with van der Waals surface area (Å²) in [6.07, 6.45) is 3.74.